The van der Waals surface area contributed by atoms with Gasteiger partial charge in [0.2, 0.25) is 5.78 Å². The summed E-state index contributed by atoms with van der Waals surface area (Å²) in [6.45, 7) is 3.88. The highest BCUT2D eigenvalue weighted by Gasteiger charge is 2.28. The summed E-state index contributed by atoms with van der Waals surface area (Å²) in [4.78, 5) is 25.1. The summed E-state index contributed by atoms with van der Waals surface area (Å²) < 4.78 is 5.57. The molecule has 5 nitrogen and oxygen atoms in total. The van der Waals surface area contributed by atoms with Crippen LogP contribution in [0, 0.1) is 0 Å². The molecular weight excluding hydrogens is 340 g/mol. The van der Waals surface area contributed by atoms with Crippen LogP contribution >= 0.6 is 0 Å². The quantitative estimate of drug-likeness (QED) is 0.718. The average Bonchev–Trinajstić information content (AvgIpc) is 2.94. The Kier molecular flexibility index (Phi) is 4.20. The lowest BCUT2D eigenvalue weighted by atomic mass is 10.1. The maximum Gasteiger partial charge on any atom is 0.271 e. The predicted octanol–water partition coefficient (Wildman–Crippen LogP) is 3.96. The third-order valence-electron chi connectivity index (χ3n) is 4.38. The standard InChI is InChI=1S/C22H18N2O3/c1-13(2)27-16-11-9-15(10-12-16)22(26)24-23-20-17-7-3-5-14-6-4-8-18(19(14)17)21(20)25/h3-13H,1-2H3,(H,24,26)/b23-20-. The van der Waals surface area contributed by atoms with Crippen molar-refractivity contribution in [2.45, 2.75) is 20.0 Å². The van der Waals surface area contributed by atoms with Gasteiger partial charge in [0, 0.05) is 22.1 Å². The van der Waals surface area contributed by atoms with Gasteiger partial charge >= 0.3 is 0 Å². The van der Waals surface area contributed by atoms with E-state index in [9.17, 15) is 9.59 Å². The highest BCUT2D eigenvalue weighted by Crippen LogP contribution is 2.30. The number of ketones is 1. The number of benzene rings is 3. The number of Topliss-reactive ketones (excluding diaryl/α,β-unsaturated/α-hetero) is 1. The molecule has 3 aromatic carbocycles. The zero-order valence-electron chi connectivity index (χ0n) is 15.0. The lowest BCUT2D eigenvalue weighted by molar-refractivity contribution is 0.0955. The van der Waals surface area contributed by atoms with Gasteiger partial charge in [-0.05, 0) is 43.5 Å². The van der Waals surface area contributed by atoms with Gasteiger partial charge in [0.25, 0.3) is 5.91 Å². The maximum atomic E-state index is 12.7. The third kappa shape index (κ3) is 3.08. The second kappa shape index (κ2) is 6.68. The van der Waals surface area contributed by atoms with Crippen LogP contribution in [-0.2, 0) is 0 Å². The number of nitrogens with zero attached hydrogens (tertiary/aromatic N) is 1. The van der Waals surface area contributed by atoms with E-state index in [1.807, 2.05) is 44.2 Å². The first-order chi connectivity index (χ1) is 13.0. The first kappa shape index (κ1) is 17.0. The lowest BCUT2D eigenvalue weighted by Gasteiger charge is -2.09. The summed E-state index contributed by atoms with van der Waals surface area (Å²) in [7, 11) is 0. The van der Waals surface area contributed by atoms with Crippen LogP contribution in [0.25, 0.3) is 10.8 Å². The number of carbonyl (C=O) groups excluding carboxylic acids is 2. The monoisotopic (exact) mass is 358 g/mol. The number of ether oxygens (including phenoxy) is 1. The molecule has 0 aliphatic heterocycles. The summed E-state index contributed by atoms with van der Waals surface area (Å²) in [5.41, 5.74) is 4.56. The Balaban J connectivity index is 1.58. The minimum Gasteiger partial charge on any atom is -0.491 e. The van der Waals surface area contributed by atoms with E-state index in [2.05, 4.69) is 10.5 Å². The molecule has 0 radical (unpaired) electrons. The van der Waals surface area contributed by atoms with Crippen molar-refractivity contribution in [1.82, 2.24) is 5.43 Å². The second-order valence-electron chi connectivity index (χ2n) is 6.63. The van der Waals surface area contributed by atoms with Crippen molar-refractivity contribution in [2.75, 3.05) is 0 Å². The van der Waals surface area contributed by atoms with Gasteiger partial charge in [0.1, 0.15) is 11.5 Å². The fourth-order valence-corrected chi connectivity index (χ4v) is 3.22. The van der Waals surface area contributed by atoms with Crippen molar-refractivity contribution in [2.24, 2.45) is 5.10 Å². The molecule has 134 valence electrons. The molecule has 1 N–H and O–H groups in total. The summed E-state index contributed by atoms with van der Waals surface area (Å²) >= 11 is 0. The van der Waals surface area contributed by atoms with E-state index in [1.54, 1.807) is 30.3 Å². The number of rotatable bonds is 4. The van der Waals surface area contributed by atoms with Crippen molar-refractivity contribution >= 4 is 28.2 Å². The second-order valence-corrected chi connectivity index (χ2v) is 6.63. The van der Waals surface area contributed by atoms with Gasteiger partial charge in [-0.25, -0.2) is 5.43 Å². The van der Waals surface area contributed by atoms with Crippen LogP contribution in [0.4, 0.5) is 0 Å². The number of hydrogen-bond acceptors (Lipinski definition) is 4. The van der Waals surface area contributed by atoms with Gasteiger partial charge in [0.15, 0.2) is 0 Å². The SMILES string of the molecule is CC(C)Oc1ccc(C(=O)N/N=C2\C(=O)c3cccc4cccc2c34)cc1. The first-order valence-electron chi connectivity index (χ1n) is 8.76. The van der Waals surface area contributed by atoms with Crippen molar-refractivity contribution in [1.29, 1.82) is 0 Å². The maximum absolute atomic E-state index is 12.7. The molecule has 0 bridgehead atoms. The summed E-state index contributed by atoms with van der Waals surface area (Å²) in [5.74, 6) is 0.137. The zero-order chi connectivity index (χ0) is 19.0. The molecule has 5 heteroatoms. The average molecular weight is 358 g/mol. The van der Waals surface area contributed by atoms with E-state index in [0.29, 0.717) is 16.9 Å². The topological polar surface area (TPSA) is 67.8 Å². The molecule has 1 amide bonds. The van der Waals surface area contributed by atoms with E-state index in [1.165, 1.54) is 0 Å². The van der Waals surface area contributed by atoms with Crippen LogP contribution in [-0.4, -0.2) is 23.5 Å². The van der Waals surface area contributed by atoms with Crippen LogP contribution in [0.1, 0.15) is 40.1 Å². The number of hydrazone groups is 1. The Morgan fingerprint density at radius 3 is 2.30 bits per heavy atom. The van der Waals surface area contributed by atoms with Crippen LogP contribution in [0.3, 0.4) is 0 Å². The number of hydrogen-bond donors (Lipinski definition) is 1. The molecule has 0 saturated carbocycles. The molecule has 0 unspecified atom stereocenters. The fraction of sp³-hybridized carbons (Fsp3) is 0.136. The van der Waals surface area contributed by atoms with Gasteiger partial charge < -0.3 is 4.74 Å². The lowest BCUT2D eigenvalue weighted by Crippen LogP contribution is -2.22. The fourth-order valence-electron chi connectivity index (χ4n) is 3.22. The Bertz CT molecular complexity index is 1080. The Morgan fingerprint density at radius 2 is 1.63 bits per heavy atom. The molecule has 0 spiro atoms. The first-order valence-corrected chi connectivity index (χ1v) is 8.76. The number of carbonyl (C=O) groups is 2. The van der Waals surface area contributed by atoms with Crippen LogP contribution in [0.15, 0.2) is 65.8 Å². The highest BCUT2D eigenvalue weighted by molar-refractivity contribution is 6.59. The minimum atomic E-state index is -0.380. The van der Waals surface area contributed by atoms with Crippen LogP contribution in [0.5, 0.6) is 5.75 Å². The summed E-state index contributed by atoms with van der Waals surface area (Å²) in [5, 5.41) is 5.99. The van der Waals surface area contributed by atoms with Gasteiger partial charge in [0.05, 0.1) is 6.10 Å². The van der Waals surface area contributed by atoms with E-state index >= 15 is 0 Å². The molecule has 0 heterocycles. The van der Waals surface area contributed by atoms with Gasteiger partial charge in [-0.15, -0.1) is 0 Å². The van der Waals surface area contributed by atoms with Crippen molar-refractivity contribution in [3.8, 4) is 5.75 Å². The van der Waals surface area contributed by atoms with E-state index in [4.69, 9.17) is 4.74 Å². The Labute approximate surface area is 156 Å². The molecule has 1 aliphatic rings. The van der Waals surface area contributed by atoms with E-state index in [-0.39, 0.29) is 23.5 Å². The minimum absolute atomic E-state index is 0.0637. The van der Waals surface area contributed by atoms with E-state index < -0.39 is 0 Å². The van der Waals surface area contributed by atoms with Gasteiger partial charge in [-0.2, -0.15) is 5.10 Å². The summed E-state index contributed by atoms with van der Waals surface area (Å²) in [6, 6.07) is 18.1. The van der Waals surface area contributed by atoms with Crippen molar-refractivity contribution in [3.05, 3.63) is 77.4 Å². The molecule has 0 atom stereocenters. The van der Waals surface area contributed by atoms with Crippen LogP contribution in [0.2, 0.25) is 0 Å². The third-order valence-corrected chi connectivity index (χ3v) is 4.38. The highest BCUT2D eigenvalue weighted by atomic mass is 16.5. The Morgan fingerprint density at radius 1 is 0.963 bits per heavy atom. The molecule has 1 aliphatic carbocycles. The normalized spacial score (nSPS) is 14.2. The molecule has 3 aromatic rings. The number of amides is 1. The molecule has 4 rings (SSSR count). The predicted molar refractivity (Wildman–Crippen MR) is 104 cm³/mol. The Hall–Kier alpha value is -3.47. The van der Waals surface area contributed by atoms with Crippen LogP contribution < -0.4 is 10.2 Å². The van der Waals surface area contributed by atoms with Crippen molar-refractivity contribution < 1.29 is 14.3 Å². The molecule has 0 saturated heterocycles. The summed E-state index contributed by atoms with van der Waals surface area (Å²) in [6.07, 6.45) is 0.0637. The largest absolute Gasteiger partial charge is 0.491 e. The smallest absolute Gasteiger partial charge is 0.271 e. The molecule has 0 fully saturated rings. The van der Waals surface area contributed by atoms with Gasteiger partial charge in [-0.1, -0.05) is 36.4 Å². The molecule has 27 heavy (non-hydrogen) atoms. The molecular formula is C22H18N2O3. The van der Waals surface area contributed by atoms with Gasteiger partial charge in [-0.3, -0.25) is 9.59 Å². The van der Waals surface area contributed by atoms with Crippen molar-refractivity contribution in [3.63, 3.8) is 0 Å². The molecule has 0 aromatic heterocycles. The van der Waals surface area contributed by atoms with E-state index in [0.717, 1.165) is 16.3 Å². The number of nitrogens with one attached hydrogen (secondary N) is 1. The zero-order valence-corrected chi connectivity index (χ0v) is 15.0.